The van der Waals surface area contributed by atoms with Crippen molar-refractivity contribution >= 4 is 0 Å². The van der Waals surface area contributed by atoms with Crippen molar-refractivity contribution in [2.24, 2.45) is 5.92 Å². The molecule has 1 N–H and O–H groups in total. The van der Waals surface area contributed by atoms with Crippen molar-refractivity contribution in [3.05, 3.63) is 35.1 Å². The molecule has 1 aliphatic rings. The predicted molar refractivity (Wildman–Crippen MR) is 60.1 cm³/mol. The Balaban J connectivity index is 2.23. The van der Waals surface area contributed by atoms with Crippen LogP contribution in [-0.4, -0.2) is 6.54 Å². The number of nitrogens with one attached hydrogen (secondary N) is 1. The largest absolute Gasteiger partial charge is 0.310 e. The first-order valence-corrected chi connectivity index (χ1v) is 6.01. The number of hydrogen-bond acceptors (Lipinski definition) is 1. The van der Waals surface area contributed by atoms with E-state index in [4.69, 9.17) is 0 Å². The van der Waals surface area contributed by atoms with Gasteiger partial charge >= 0.3 is 0 Å². The topological polar surface area (TPSA) is 12.0 Å². The Bertz CT molecular complexity index is 379. The molecule has 17 heavy (non-hydrogen) atoms. The van der Waals surface area contributed by atoms with E-state index in [2.05, 4.69) is 5.32 Å². The molecule has 1 nitrogen and oxygen atoms in total. The van der Waals surface area contributed by atoms with E-state index in [-0.39, 0.29) is 6.04 Å². The van der Waals surface area contributed by atoms with Gasteiger partial charge in [0.05, 0.1) is 0 Å². The molecule has 1 aromatic carbocycles. The van der Waals surface area contributed by atoms with E-state index in [1.807, 2.05) is 6.92 Å². The quantitative estimate of drug-likeness (QED) is 0.780. The van der Waals surface area contributed by atoms with Gasteiger partial charge in [-0.3, -0.25) is 0 Å². The number of benzene rings is 1. The van der Waals surface area contributed by atoms with Crippen molar-refractivity contribution < 1.29 is 13.2 Å². The highest BCUT2D eigenvalue weighted by Gasteiger charge is 2.32. The molecule has 0 aromatic heterocycles. The molecule has 0 spiro atoms. The van der Waals surface area contributed by atoms with Gasteiger partial charge in [-0.1, -0.05) is 6.92 Å². The smallest absolute Gasteiger partial charge is 0.194 e. The summed E-state index contributed by atoms with van der Waals surface area (Å²) in [5.41, 5.74) is 0.511. The van der Waals surface area contributed by atoms with Crippen LogP contribution in [0.15, 0.2) is 12.1 Å². The SMILES string of the molecule is CCCNC(c1cc(F)c(F)c(F)c1)C1CC1. The molecule has 1 saturated carbocycles. The fraction of sp³-hybridized carbons (Fsp3) is 0.538. The van der Waals surface area contributed by atoms with Crippen LogP contribution < -0.4 is 5.32 Å². The van der Waals surface area contributed by atoms with Gasteiger partial charge in [-0.15, -0.1) is 0 Å². The molecule has 0 aliphatic heterocycles. The normalized spacial score (nSPS) is 17.2. The highest BCUT2D eigenvalue weighted by Crippen LogP contribution is 2.41. The lowest BCUT2D eigenvalue weighted by Crippen LogP contribution is -2.24. The standard InChI is InChI=1S/C13H16F3N/c1-2-5-17-13(8-3-4-8)9-6-10(14)12(16)11(15)7-9/h6-8,13,17H,2-5H2,1H3. The maximum Gasteiger partial charge on any atom is 0.194 e. The molecule has 0 saturated heterocycles. The average Bonchev–Trinajstić information content (AvgIpc) is 3.10. The van der Waals surface area contributed by atoms with Crippen LogP contribution in [0.3, 0.4) is 0 Å². The van der Waals surface area contributed by atoms with E-state index in [0.29, 0.717) is 11.5 Å². The Morgan fingerprint density at radius 2 is 1.82 bits per heavy atom. The Morgan fingerprint density at radius 1 is 1.24 bits per heavy atom. The number of hydrogen-bond donors (Lipinski definition) is 1. The van der Waals surface area contributed by atoms with Gasteiger partial charge in [0.25, 0.3) is 0 Å². The summed E-state index contributed by atoms with van der Waals surface area (Å²) in [6.45, 7) is 2.82. The molecule has 0 bridgehead atoms. The molecule has 94 valence electrons. The fourth-order valence-corrected chi connectivity index (χ4v) is 2.04. The summed E-state index contributed by atoms with van der Waals surface area (Å²) in [4.78, 5) is 0. The summed E-state index contributed by atoms with van der Waals surface area (Å²) in [6, 6.07) is 2.15. The molecule has 0 amide bonds. The molecule has 1 aromatic rings. The van der Waals surface area contributed by atoms with Gasteiger partial charge in [0.2, 0.25) is 0 Å². The maximum absolute atomic E-state index is 13.2. The molecule has 1 aliphatic carbocycles. The third-order valence-corrected chi connectivity index (χ3v) is 3.07. The summed E-state index contributed by atoms with van der Waals surface area (Å²) in [6.07, 6.45) is 3.07. The Labute approximate surface area is 99.0 Å². The lowest BCUT2D eigenvalue weighted by molar-refractivity contribution is 0.431. The molecule has 1 unspecified atom stereocenters. The summed E-state index contributed by atoms with van der Waals surface area (Å²) < 4.78 is 39.2. The lowest BCUT2D eigenvalue weighted by Gasteiger charge is -2.18. The van der Waals surface area contributed by atoms with Crippen molar-refractivity contribution in [2.75, 3.05) is 6.54 Å². The van der Waals surface area contributed by atoms with Crippen molar-refractivity contribution in [2.45, 2.75) is 32.2 Å². The van der Waals surface area contributed by atoms with Gasteiger partial charge in [-0.05, 0) is 49.4 Å². The first kappa shape index (κ1) is 12.4. The second-order valence-corrected chi connectivity index (χ2v) is 4.57. The van der Waals surface area contributed by atoms with Crippen LogP contribution in [0.4, 0.5) is 13.2 Å². The predicted octanol–water partition coefficient (Wildman–Crippen LogP) is 3.55. The van der Waals surface area contributed by atoms with Crippen LogP contribution in [0.25, 0.3) is 0 Å². The molecule has 1 atom stereocenters. The highest BCUT2D eigenvalue weighted by molar-refractivity contribution is 5.24. The van der Waals surface area contributed by atoms with Gasteiger partial charge in [0.1, 0.15) is 0 Å². The molecular weight excluding hydrogens is 227 g/mol. The first-order chi connectivity index (χ1) is 8.13. The van der Waals surface area contributed by atoms with E-state index in [9.17, 15) is 13.2 Å². The van der Waals surface area contributed by atoms with Gasteiger partial charge in [0.15, 0.2) is 17.5 Å². The Morgan fingerprint density at radius 3 is 2.29 bits per heavy atom. The average molecular weight is 243 g/mol. The van der Waals surface area contributed by atoms with Crippen LogP contribution in [0.5, 0.6) is 0 Å². The highest BCUT2D eigenvalue weighted by atomic mass is 19.2. The Hall–Kier alpha value is -1.03. The van der Waals surface area contributed by atoms with Gasteiger partial charge in [-0.2, -0.15) is 0 Å². The van der Waals surface area contributed by atoms with Gasteiger partial charge in [-0.25, -0.2) is 13.2 Å². The molecule has 0 heterocycles. The van der Waals surface area contributed by atoms with Gasteiger partial charge in [0, 0.05) is 6.04 Å². The van der Waals surface area contributed by atoms with Crippen molar-refractivity contribution in [3.63, 3.8) is 0 Å². The van der Waals surface area contributed by atoms with Crippen molar-refractivity contribution in [1.82, 2.24) is 5.32 Å². The number of rotatable bonds is 5. The minimum atomic E-state index is -1.39. The maximum atomic E-state index is 13.2. The van der Waals surface area contributed by atoms with Gasteiger partial charge < -0.3 is 5.32 Å². The van der Waals surface area contributed by atoms with E-state index >= 15 is 0 Å². The Kier molecular flexibility index (Phi) is 3.72. The lowest BCUT2D eigenvalue weighted by atomic mass is 10.0. The molecule has 2 rings (SSSR count). The van der Waals surface area contributed by atoms with Crippen LogP contribution in [0, 0.1) is 23.4 Å². The minimum Gasteiger partial charge on any atom is -0.310 e. The van der Waals surface area contributed by atoms with Crippen molar-refractivity contribution in [3.8, 4) is 0 Å². The molecule has 4 heteroatoms. The first-order valence-electron chi connectivity index (χ1n) is 6.01. The second kappa shape index (κ2) is 5.08. The van der Waals surface area contributed by atoms with Crippen LogP contribution in [-0.2, 0) is 0 Å². The van der Waals surface area contributed by atoms with Crippen LogP contribution >= 0.6 is 0 Å². The fourth-order valence-electron chi connectivity index (χ4n) is 2.04. The zero-order valence-corrected chi connectivity index (χ0v) is 9.77. The minimum absolute atomic E-state index is 0.0560. The molecular formula is C13H16F3N. The third-order valence-electron chi connectivity index (χ3n) is 3.07. The van der Waals surface area contributed by atoms with Crippen LogP contribution in [0.1, 0.15) is 37.8 Å². The molecule has 0 radical (unpaired) electrons. The second-order valence-electron chi connectivity index (χ2n) is 4.57. The van der Waals surface area contributed by atoms with E-state index in [1.54, 1.807) is 0 Å². The monoisotopic (exact) mass is 243 g/mol. The van der Waals surface area contributed by atoms with Crippen molar-refractivity contribution in [1.29, 1.82) is 0 Å². The van der Waals surface area contributed by atoms with Crippen LogP contribution in [0.2, 0.25) is 0 Å². The van der Waals surface area contributed by atoms with E-state index in [0.717, 1.165) is 37.9 Å². The summed E-state index contributed by atoms with van der Waals surface area (Å²) in [7, 11) is 0. The third kappa shape index (κ3) is 2.80. The summed E-state index contributed by atoms with van der Waals surface area (Å²) >= 11 is 0. The van der Waals surface area contributed by atoms with E-state index < -0.39 is 17.5 Å². The zero-order chi connectivity index (χ0) is 12.4. The summed E-state index contributed by atoms with van der Waals surface area (Å²) in [5.74, 6) is -3.18. The number of halogens is 3. The summed E-state index contributed by atoms with van der Waals surface area (Å²) in [5, 5.41) is 3.27. The zero-order valence-electron chi connectivity index (χ0n) is 9.77. The van der Waals surface area contributed by atoms with E-state index in [1.165, 1.54) is 0 Å². The molecule has 1 fully saturated rings.